The molecule has 4 aliphatic carbocycles. The fourth-order valence-electron chi connectivity index (χ4n) is 7.35. The number of carbonyl (C=O) groups is 2. The smallest absolute Gasteiger partial charge is 0.233 e. The molecule has 4 saturated carbocycles. The van der Waals surface area contributed by atoms with Gasteiger partial charge < -0.3 is 0 Å². The topological polar surface area (TPSA) is 37.4 Å². The fraction of sp³-hybridized carbons (Fsp3) is 0.680. The van der Waals surface area contributed by atoms with Gasteiger partial charge in [0.05, 0.1) is 5.92 Å². The molecule has 2 atom stereocenters. The molecule has 150 valence electrons. The molecule has 1 heterocycles. The number of rotatable bonds is 5. The predicted octanol–water partition coefficient (Wildman–Crippen LogP) is 4.77. The molecule has 5 aliphatic rings. The van der Waals surface area contributed by atoms with E-state index in [-0.39, 0.29) is 23.7 Å². The van der Waals surface area contributed by atoms with E-state index in [1.165, 1.54) is 44.1 Å². The molecule has 1 aromatic rings. The van der Waals surface area contributed by atoms with Crippen LogP contribution in [0.1, 0.15) is 63.0 Å². The minimum absolute atomic E-state index is 0.0619. The Morgan fingerprint density at radius 3 is 2.07 bits per heavy atom. The first-order chi connectivity index (χ1) is 13.4. The van der Waals surface area contributed by atoms with E-state index in [0.29, 0.717) is 18.4 Å². The molecule has 0 radical (unpaired) electrons. The van der Waals surface area contributed by atoms with Crippen LogP contribution in [0.15, 0.2) is 24.3 Å². The Kier molecular flexibility index (Phi) is 4.41. The molecule has 2 amide bonds. The van der Waals surface area contributed by atoms with Crippen molar-refractivity contribution in [2.24, 2.45) is 35.0 Å². The molecule has 0 spiro atoms. The van der Waals surface area contributed by atoms with Crippen LogP contribution in [0.3, 0.4) is 0 Å². The van der Waals surface area contributed by atoms with Crippen LogP contribution in [0, 0.1) is 41.9 Å². The van der Waals surface area contributed by atoms with Gasteiger partial charge in [0.15, 0.2) is 0 Å². The summed E-state index contributed by atoms with van der Waals surface area (Å²) < 4.78 is 0. The number of imide groups is 1. The summed E-state index contributed by atoms with van der Waals surface area (Å²) in [4.78, 5) is 27.6. The van der Waals surface area contributed by atoms with Crippen LogP contribution in [0.4, 0.5) is 0 Å². The number of hydrogen-bond donors (Lipinski definition) is 0. The van der Waals surface area contributed by atoms with E-state index in [1.54, 1.807) is 4.90 Å². The first-order valence-electron chi connectivity index (χ1n) is 11.3. The number of aryl methyl sites for hydroxylation is 1. The third-order valence-electron chi connectivity index (χ3n) is 8.45. The zero-order valence-electron chi connectivity index (χ0n) is 17.3. The highest BCUT2D eigenvalue weighted by atomic mass is 16.2. The Bertz CT molecular complexity index is 745. The summed E-state index contributed by atoms with van der Waals surface area (Å²) in [5, 5.41) is 0. The van der Waals surface area contributed by atoms with Crippen LogP contribution in [-0.4, -0.2) is 23.3 Å². The molecule has 5 fully saturated rings. The number of hydrogen-bond acceptors (Lipinski definition) is 2. The summed E-state index contributed by atoms with van der Waals surface area (Å²) in [5.41, 5.74) is 2.81. The van der Waals surface area contributed by atoms with Gasteiger partial charge in [-0.1, -0.05) is 36.8 Å². The second kappa shape index (κ2) is 6.71. The van der Waals surface area contributed by atoms with E-state index in [0.717, 1.165) is 29.7 Å². The predicted molar refractivity (Wildman–Crippen MR) is 109 cm³/mol. The fourth-order valence-corrected chi connectivity index (χ4v) is 7.35. The van der Waals surface area contributed by atoms with E-state index >= 15 is 0 Å². The lowest BCUT2D eigenvalue weighted by Gasteiger charge is -2.57. The van der Waals surface area contributed by atoms with E-state index in [1.807, 2.05) is 6.92 Å². The van der Waals surface area contributed by atoms with Crippen molar-refractivity contribution in [2.45, 2.75) is 65.2 Å². The lowest BCUT2D eigenvalue weighted by molar-refractivity contribution is -0.141. The van der Waals surface area contributed by atoms with Gasteiger partial charge in [0.25, 0.3) is 0 Å². The minimum Gasteiger partial charge on any atom is -0.282 e. The maximum atomic E-state index is 13.1. The van der Waals surface area contributed by atoms with E-state index in [4.69, 9.17) is 0 Å². The van der Waals surface area contributed by atoms with Crippen LogP contribution < -0.4 is 0 Å². The summed E-state index contributed by atoms with van der Waals surface area (Å²) >= 11 is 0. The Morgan fingerprint density at radius 2 is 1.50 bits per heavy atom. The Hall–Kier alpha value is -1.64. The van der Waals surface area contributed by atoms with E-state index in [2.05, 4.69) is 31.2 Å². The summed E-state index contributed by atoms with van der Waals surface area (Å²) in [5.74, 6) is 2.52. The normalized spacial score (nSPS) is 39.2. The molecule has 1 aliphatic heterocycles. The van der Waals surface area contributed by atoms with Crippen molar-refractivity contribution in [1.82, 2.24) is 4.90 Å². The molecule has 4 bridgehead atoms. The Morgan fingerprint density at radius 1 is 0.929 bits per heavy atom. The first kappa shape index (κ1) is 18.4. The minimum atomic E-state index is -0.190. The molecular formula is C25H33NO2. The molecule has 1 aromatic carbocycles. The first-order valence-corrected chi connectivity index (χ1v) is 11.3. The molecular weight excluding hydrogens is 346 g/mol. The highest BCUT2D eigenvalue weighted by Crippen LogP contribution is 2.61. The lowest BCUT2D eigenvalue weighted by atomic mass is 9.49. The third-order valence-corrected chi connectivity index (χ3v) is 8.45. The molecule has 0 unspecified atom stereocenters. The monoisotopic (exact) mass is 379 g/mol. The Balaban J connectivity index is 1.26. The van der Waals surface area contributed by atoms with Crippen molar-refractivity contribution < 1.29 is 9.59 Å². The van der Waals surface area contributed by atoms with Gasteiger partial charge in [0, 0.05) is 12.5 Å². The summed E-state index contributed by atoms with van der Waals surface area (Å²) in [6.45, 7) is 4.67. The zero-order valence-corrected chi connectivity index (χ0v) is 17.3. The number of nitrogens with zero attached hydrogens (tertiary/aromatic N) is 1. The van der Waals surface area contributed by atoms with Crippen LogP contribution in [0.25, 0.3) is 0 Å². The molecule has 0 aromatic heterocycles. The van der Waals surface area contributed by atoms with Crippen LogP contribution in [0.5, 0.6) is 0 Å². The van der Waals surface area contributed by atoms with E-state index in [9.17, 15) is 9.59 Å². The molecule has 3 heteroatoms. The number of carbonyl (C=O) groups excluding carboxylic acids is 2. The van der Waals surface area contributed by atoms with Gasteiger partial charge >= 0.3 is 0 Å². The zero-order chi connectivity index (χ0) is 19.5. The number of amides is 2. The molecule has 1 saturated heterocycles. The van der Waals surface area contributed by atoms with Gasteiger partial charge in [-0.05, 0) is 87.0 Å². The lowest BCUT2D eigenvalue weighted by Crippen LogP contribution is -2.47. The van der Waals surface area contributed by atoms with Crippen molar-refractivity contribution in [1.29, 1.82) is 0 Å². The second-order valence-electron chi connectivity index (χ2n) is 10.6. The van der Waals surface area contributed by atoms with Crippen molar-refractivity contribution in [3.05, 3.63) is 35.4 Å². The highest BCUT2D eigenvalue weighted by molar-refractivity contribution is 6.05. The molecule has 6 rings (SSSR count). The number of likely N-dealkylation sites (tertiary alicyclic amines) is 1. The average Bonchev–Trinajstić information content (AvgIpc) is 2.84. The van der Waals surface area contributed by atoms with Crippen molar-refractivity contribution in [2.75, 3.05) is 6.54 Å². The summed E-state index contributed by atoms with van der Waals surface area (Å²) in [6.07, 6.45) is 10.1. The summed E-state index contributed by atoms with van der Waals surface area (Å²) in [6, 6.07) is 8.37. The van der Waals surface area contributed by atoms with Gasteiger partial charge in [-0.2, -0.15) is 0 Å². The third kappa shape index (κ3) is 3.11. The molecule has 28 heavy (non-hydrogen) atoms. The van der Waals surface area contributed by atoms with Crippen molar-refractivity contribution in [3.8, 4) is 0 Å². The maximum Gasteiger partial charge on any atom is 0.233 e. The van der Waals surface area contributed by atoms with Crippen molar-refractivity contribution in [3.63, 3.8) is 0 Å². The number of benzene rings is 1. The van der Waals surface area contributed by atoms with Gasteiger partial charge in [0.1, 0.15) is 0 Å². The highest BCUT2D eigenvalue weighted by Gasteiger charge is 2.52. The van der Waals surface area contributed by atoms with Crippen molar-refractivity contribution >= 4 is 11.8 Å². The standard InChI is InChI=1S/C25H33NO2/c1-16-3-5-18(6-4-16)12-22-17(2)23(27)26(24(22)28)8-7-25-13-19-9-20(14-25)11-21(10-19)15-25/h3-6,17,19-22H,7-15H2,1-2H3/t17-,19?,20?,21?,22-,25?/m1/s1. The van der Waals surface area contributed by atoms with Gasteiger partial charge in [0.2, 0.25) is 11.8 Å². The van der Waals surface area contributed by atoms with Gasteiger partial charge in [-0.3, -0.25) is 14.5 Å². The average molecular weight is 380 g/mol. The SMILES string of the molecule is Cc1ccc(C[C@H]2C(=O)N(CCC34CC5CC(CC(C5)C3)C4)C(=O)[C@@H]2C)cc1. The molecule has 3 nitrogen and oxygen atoms in total. The maximum absolute atomic E-state index is 13.1. The molecule has 0 N–H and O–H groups in total. The van der Waals surface area contributed by atoms with Crippen LogP contribution in [-0.2, 0) is 16.0 Å². The second-order valence-corrected chi connectivity index (χ2v) is 10.6. The van der Waals surface area contributed by atoms with Gasteiger partial charge in [-0.25, -0.2) is 0 Å². The van der Waals surface area contributed by atoms with Crippen LogP contribution in [0.2, 0.25) is 0 Å². The quantitative estimate of drug-likeness (QED) is 0.692. The largest absolute Gasteiger partial charge is 0.282 e. The van der Waals surface area contributed by atoms with E-state index < -0.39 is 0 Å². The summed E-state index contributed by atoms with van der Waals surface area (Å²) in [7, 11) is 0. The Labute approximate surface area is 168 Å². The van der Waals surface area contributed by atoms with Crippen LogP contribution >= 0.6 is 0 Å². The van der Waals surface area contributed by atoms with Gasteiger partial charge in [-0.15, -0.1) is 0 Å².